The van der Waals surface area contributed by atoms with E-state index in [9.17, 15) is 4.79 Å². The summed E-state index contributed by atoms with van der Waals surface area (Å²) in [5.41, 5.74) is 3.67. The van der Waals surface area contributed by atoms with Crippen LogP contribution in [0, 0.1) is 5.92 Å². The number of pyridine rings is 1. The summed E-state index contributed by atoms with van der Waals surface area (Å²) in [4.78, 5) is 18.4. The molecule has 0 atom stereocenters. The minimum Gasteiger partial charge on any atom is -0.472 e. The average molecular weight is 315 g/mol. The Morgan fingerprint density at radius 1 is 1.39 bits per heavy atom. The maximum Gasteiger partial charge on any atom is 0.227 e. The second-order valence-electron chi connectivity index (χ2n) is 5.75. The van der Waals surface area contributed by atoms with Gasteiger partial charge in [-0.05, 0) is 44.6 Å². The van der Waals surface area contributed by atoms with E-state index in [1.54, 1.807) is 18.7 Å². The summed E-state index contributed by atoms with van der Waals surface area (Å²) in [5, 5.41) is 2.95. The molecule has 5 heteroatoms. The SMILES string of the molecule is CC.CN(C)Cc1cc(NC(=O)C2CC2)cnc1-c1ccoc1. The van der Waals surface area contributed by atoms with Gasteiger partial charge in [0.2, 0.25) is 5.91 Å². The van der Waals surface area contributed by atoms with E-state index in [4.69, 9.17) is 4.42 Å². The zero-order valence-corrected chi connectivity index (χ0v) is 14.3. The number of nitrogens with one attached hydrogen (secondary N) is 1. The molecule has 1 N–H and O–H groups in total. The third-order valence-corrected chi connectivity index (χ3v) is 3.46. The van der Waals surface area contributed by atoms with Gasteiger partial charge < -0.3 is 14.6 Å². The van der Waals surface area contributed by atoms with Crippen LogP contribution in [0.3, 0.4) is 0 Å². The molecule has 2 heterocycles. The highest BCUT2D eigenvalue weighted by molar-refractivity contribution is 5.94. The highest BCUT2D eigenvalue weighted by atomic mass is 16.3. The van der Waals surface area contributed by atoms with E-state index in [1.807, 2.05) is 40.1 Å². The van der Waals surface area contributed by atoms with E-state index in [2.05, 4.69) is 15.2 Å². The molecule has 0 radical (unpaired) electrons. The van der Waals surface area contributed by atoms with E-state index in [0.29, 0.717) is 0 Å². The van der Waals surface area contributed by atoms with Gasteiger partial charge in [0.1, 0.15) is 0 Å². The topological polar surface area (TPSA) is 58.4 Å². The van der Waals surface area contributed by atoms with Crippen LogP contribution in [-0.2, 0) is 11.3 Å². The van der Waals surface area contributed by atoms with Crippen molar-refractivity contribution in [2.75, 3.05) is 19.4 Å². The lowest BCUT2D eigenvalue weighted by Gasteiger charge is -2.14. The first-order valence-electron chi connectivity index (χ1n) is 8.10. The van der Waals surface area contributed by atoms with Crippen LogP contribution in [0.5, 0.6) is 0 Å². The summed E-state index contributed by atoms with van der Waals surface area (Å²) in [6.45, 7) is 4.75. The van der Waals surface area contributed by atoms with E-state index >= 15 is 0 Å². The van der Waals surface area contributed by atoms with Crippen molar-refractivity contribution in [3.63, 3.8) is 0 Å². The maximum atomic E-state index is 11.9. The molecule has 124 valence electrons. The molecule has 23 heavy (non-hydrogen) atoms. The molecule has 3 rings (SSSR count). The molecule has 0 aromatic carbocycles. The molecule has 0 saturated heterocycles. The fraction of sp³-hybridized carbons (Fsp3) is 0.444. The van der Waals surface area contributed by atoms with Gasteiger partial charge in [0.25, 0.3) is 0 Å². The van der Waals surface area contributed by atoms with E-state index in [1.165, 1.54) is 0 Å². The Kier molecular flexibility index (Phi) is 5.93. The number of aromatic nitrogens is 1. The van der Waals surface area contributed by atoms with Crippen molar-refractivity contribution in [1.82, 2.24) is 9.88 Å². The molecule has 2 aromatic heterocycles. The molecule has 1 aliphatic rings. The Morgan fingerprint density at radius 3 is 2.70 bits per heavy atom. The predicted molar refractivity (Wildman–Crippen MR) is 92.0 cm³/mol. The lowest BCUT2D eigenvalue weighted by Crippen LogP contribution is -2.15. The van der Waals surface area contributed by atoms with Gasteiger partial charge in [0, 0.05) is 18.0 Å². The first-order chi connectivity index (χ1) is 11.1. The summed E-state index contributed by atoms with van der Waals surface area (Å²) in [5.74, 6) is 0.291. The number of carbonyl (C=O) groups is 1. The van der Waals surface area contributed by atoms with Crippen LogP contribution >= 0.6 is 0 Å². The molecule has 1 amide bonds. The third kappa shape index (κ3) is 4.66. The predicted octanol–water partition coefficient (Wildman–Crippen LogP) is 3.78. The number of amides is 1. The Hall–Kier alpha value is -2.14. The number of hydrogen-bond acceptors (Lipinski definition) is 4. The summed E-state index contributed by atoms with van der Waals surface area (Å²) < 4.78 is 5.14. The lowest BCUT2D eigenvalue weighted by atomic mass is 10.1. The second kappa shape index (κ2) is 7.92. The molecule has 1 fully saturated rings. The fourth-order valence-corrected chi connectivity index (χ4v) is 2.29. The van der Waals surface area contributed by atoms with Crippen LogP contribution in [0.15, 0.2) is 35.3 Å². The Balaban J connectivity index is 0.000000924. The summed E-state index contributed by atoms with van der Waals surface area (Å²) >= 11 is 0. The minimum absolute atomic E-state index is 0.101. The van der Waals surface area contributed by atoms with Gasteiger partial charge >= 0.3 is 0 Å². The van der Waals surface area contributed by atoms with Gasteiger partial charge in [-0.1, -0.05) is 13.8 Å². The largest absolute Gasteiger partial charge is 0.472 e. The van der Waals surface area contributed by atoms with E-state index in [0.717, 1.165) is 41.9 Å². The van der Waals surface area contributed by atoms with Crippen molar-refractivity contribution < 1.29 is 9.21 Å². The van der Waals surface area contributed by atoms with Gasteiger partial charge in [-0.15, -0.1) is 0 Å². The van der Waals surface area contributed by atoms with Crippen molar-refractivity contribution in [2.45, 2.75) is 33.2 Å². The van der Waals surface area contributed by atoms with Gasteiger partial charge in [-0.2, -0.15) is 0 Å². The van der Waals surface area contributed by atoms with Crippen molar-refractivity contribution in [2.24, 2.45) is 5.92 Å². The lowest BCUT2D eigenvalue weighted by molar-refractivity contribution is -0.117. The van der Waals surface area contributed by atoms with Crippen LogP contribution in [0.25, 0.3) is 11.3 Å². The highest BCUT2D eigenvalue weighted by Gasteiger charge is 2.29. The molecule has 0 aliphatic heterocycles. The number of anilines is 1. The van der Waals surface area contributed by atoms with Crippen molar-refractivity contribution in [3.8, 4) is 11.3 Å². The Labute approximate surface area is 137 Å². The fourth-order valence-electron chi connectivity index (χ4n) is 2.29. The molecule has 5 nitrogen and oxygen atoms in total. The molecule has 1 saturated carbocycles. The molecule has 1 aliphatic carbocycles. The van der Waals surface area contributed by atoms with E-state index in [-0.39, 0.29) is 11.8 Å². The van der Waals surface area contributed by atoms with Crippen molar-refractivity contribution in [3.05, 3.63) is 36.4 Å². The molecular formula is C18H25N3O2. The van der Waals surface area contributed by atoms with Crippen LogP contribution in [-0.4, -0.2) is 29.9 Å². The zero-order chi connectivity index (χ0) is 16.8. The van der Waals surface area contributed by atoms with Crippen LogP contribution < -0.4 is 5.32 Å². The molecule has 0 spiro atoms. The zero-order valence-electron chi connectivity index (χ0n) is 14.3. The maximum absolute atomic E-state index is 11.9. The van der Waals surface area contributed by atoms with Gasteiger partial charge in [0.15, 0.2) is 0 Å². The highest BCUT2D eigenvalue weighted by Crippen LogP contribution is 2.31. The average Bonchev–Trinajstić information content (AvgIpc) is 3.25. The Bertz CT molecular complexity index is 632. The third-order valence-electron chi connectivity index (χ3n) is 3.46. The number of rotatable bonds is 5. The van der Waals surface area contributed by atoms with Gasteiger partial charge in [0.05, 0.1) is 30.1 Å². The van der Waals surface area contributed by atoms with Crippen LogP contribution in [0.2, 0.25) is 0 Å². The number of nitrogens with zero attached hydrogens (tertiary/aromatic N) is 2. The monoisotopic (exact) mass is 315 g/mol. The van der Waals surface area contributed by atoms with E-state index < -0.39 is 0 Å². The standard InChI is InChI=1S/C16H19N3O2.C2H6/c1-19(2)9-13-7-14(18-16(20)11-3-4-11)8-17-15(13)12-5-6-21-10-12;1-2/h5-8,10-11H,3-4,9H2,1-2H3,(H,18,20);1-2H3. The van der Waals surface area contributed by atoms with Crippen LogP contribution in [0.1, 0.15) is 32.3 Å². The first kappa shape index (κ1) is 17.2. The Morgan fingerprint density at radius 2 is 2.13 bits per heavy atom. The first-order valence-corrected chi connectivity index (χ1v) is 8.10. The minimum atomic E-state index is 0.101. The summed E-state index contributed by atoms with van der Waals surface area (Å²) in [6.07, 6.45) is 7.03. The summed E-state index contributed by atoms with van der Waals surface area (Å²) in [6, 6.07) is 3.89. The van der Waals surface area contributed by atoms with Gasteiger partial charge in [-0.3, -0.25) is 9.78 Å². The second-order valence-corrected chi connectivity index (χ2v) is 5.75. The molecule has 0 unspecified atom stereocenters. The van der Waals surface area contributed by atoms with Crippen molar-refractivity contribution in [1.29, 1.82) is 0 Å². The number of carbonyl (C=O) groups excluding carboxylic acids is 1. The quantitative estimate of drug-likeness (QED) is 0.912. The normalized spacial score (nSPS) is 13.4. The van der Waals surface area contributed by atoms with Crippen LogP contribution in [0.4, 0.5) is 5.69 Å². The molecule has 2 aromatic rings. The summed E-state index contributed by atoms with van der Waals surface area (Å²) in [7, 11) is 4.02. The molecular weight excluding hydrogens is 290 g/mol. The molecule has 0 bridgehead atoms. The van der Waals surface area contributed by atoms with Gasteiger partial charge in [-0.25, -0.2) is 0 Å². The number of hydrogen-bond donors (Lipinski definition) is 1. The van der Waals surface area contributed by atoms with Crippen molar-refractivity contribution >= 4 is 11.6 Å². The number of furan rings is 1. The smallest absolute Gasteiger partial charge is 0.227 e.